The molecule has 5 heteroatoms. The Morgan fingerprint density at radius 1 is 1.23 bits per heavy atom. The lowest BCUT2D eigenvalue weighted by molar-refractivity contribution is -0.116. The summed E-state index contributed by atoms with van der Waals surface area (Å²) in [7, 11) is 1.57. The summed E-state index contributed by atoms with van der Waals surface area (Å²) >= 11 is 0. The predicted octanol–water partition coefficient (Wildman–Crippen LogP) is 3.12. The first kappa shape index (κ1) is 18.3. The molecule has 1 aromatic carbocycles. The van der Waals surface area contributed by atoms with Crippen molar-refractivity contribution >= 4 is 17.3 Å². The van der Waals surface area contributed by atoms with Gasteiger partial charge in [-0.25, -0.2) is 0 Å². The van der Waals surface area contributed by atoms with Gasteiger partial charge >= 0.3 is 0 Å². The van der Waals surface area contributed by atoms with E-state index in [1.54, 1.807) is 25.3 Å². The average molecular weight is 307 g/mol. The molecule has 0 fully saturated rings. The van der Waals surface area contributed by atoms with Crippen molar-refractivity contribution in [2.24, 2.45) is 0 Å². The highest BCUT2D eigenvalue weighted by molar-refractivity contribution is 5.92. The number of carbonyl (C=O) groups excluding carboxylic acids is 1. The second kappa shape index (κ2) is 10.1. The summed E-state index contributed by atoms with van der Waals surface area (Å²) in [6.07, 6.45) is 3.67. The van der Waals surface area contributed by atoms with Gasteiger partial charge in [-0.3, -0.25) is 4.79 Å². The largest absolute Gasteiger partial charge is 0.494 e. The van der Waals surface area contributed by atoms with Crippen molar-refractivity contribution in [2.45, 2.75) is 39.5 Å². The Balaban J connectivity index is 2.43. The third-order valence-electron chi connectivity index (χ3n) is 3.46. The van der Waals surface area contributed by atoms with Gasteiger partial charge in [-0.15, -0.1) is 0 Å². The molecule has 5 nitrogen and oxygen atoms in total. The van der Waals surface area contributed by atoms with E-state index in [9.17, 15) is 4.79 Å². The maximum absolute atomic E-state index is 12.0. The first-order valence-electron chi connectivity index (χ1n) is 8.06. The van der Waals surface area contributed by atoms with Crippen molar-refractivity contribution in [2.75, 3.05) is 37.8 Å². The Morgan fingerprint density at radius 3 is 2.50 bits per heavy atom. The van der Waals surface area contributed by atoms with Crippen LogP contribution in [0.15, 0.2) is 18.2 Å². The first-order valence-corrected chi connectivity index (χ1v) is 8.06. The van der Waals surface area contributed by atoms with Crippen molar-refractivity contribution in [3.8, 4) is 5.75 Å². The molecule has 3 N–H and O–H groups in total. The lowest BCUT2D eigenvalue weighted by atomic mass is 10.2. The van der Waals surface area contributed by atoms with Crippen molar-refractivity contribution in [3.05, 3.63) is 18.2 Å². The van der Waals surface area contributed by atoms with Gasteiger partial charge in [0.15, 0.2) is 0 Å². The van der Waals surface area contributed by atoms with Crippen LogP contribution in [0.25, 0.3) is 0 Å². The molecule has 1 rings (SSSR count). The topological polar surface area (TPSA) is 67.6 Å². The van der Waals surface area contributed by atoms with E-state index in [4.69, 9.17) is 10.5 Å². The van der Waals surface area contributed by atoms with E-state index in [0.717, 1.165) is 38.9 Å². The summed E-state index contributed by atoms with van der Waals surface area (Å²) in [6, 6.07) is 5.23. The van der Waals surface area contributed by atoms with Crippen LogP contribution in [0.3, 0.4) is 0 Å². The Bertz CT molecular complexity index is 457. The van der Waals surface area contributed by atoms with Crippen molar-refractivity contribution in [1.29, 1.82) is 0 Å². The number of rotatable bonds is 10. The molecule has 1 amide bonds. The standard InChI is InChI=1S/C17H29N3O2/c1-4-10-20(11-5-2)12-6-7-17(21)19-15-9-8-14(18)13-16(15)22-3/h8-9,13H,4-7,10-12,18H2,1-3H3,(H,19,21). The van der Waals surface area contributed by atoms with Crippen LogP contribution in [0.4, 0.5) is 11.4 Å². The third kappa shape index (κ3) is 6.35. The molecular weight excluding hydrogens is 278 g/mol. The molecule has 1 aromatic rings. The molecular formula is C17H29N3O2. The third-order valence-corrected chi connectivity index (χ3v) is 3.46. The molecule has 0 unspecified atom stereocenters. The number of hydrogen-bond donors (Lipinski definition) is 2. The Morgan fingerprint density at radius 2 is 1.91 bits per heavy atom. The summed E-state index contributed by atoms with van der Waals surface area (Å²) in [5, 5.41) is 2.89. The molecule has 0 heterocycles. The summed E-state index contributed by atoms with van der Waals surface area (Å²) < 4.78 is 5.23. The fourth-order valence-corrected chi connectivity index (χ4v) is 2.45. The van der Waals surface area contributed by atoms with Crippen molar-refractivity contribution in [3.63, 3.8) is 0 Å². The minimum absolute atomic E-state index is 0.0102. The maximum Gasteiger partial charge on any atom is 0.224 e. The normalized spacial score (nSPS) is 10.7. The number of benzene rings is 1. The van der Waals surface area contributed by atoms with E-state index < -0.39 is 0 Å². The number of nitrogen functional groups attached to an aromatic ring is 1. The zero-order valence-corrected chi connectivity index (χ0v) is 14.0. The lowest BCUT2D eigenvalue weighted by Crippen LogP contribution is -2.27. The van der Waals surface area contributed by atoms with Gasteiger partial charge in [0.05, 0.1) is 12.8 Å². The number of nitrogens with one attached hydrogen (secondary N) is 1. The Labute approximate surface area is 133 Å². The molecule has 22 heavy (non-hydrogen) atoms. The van der Waals surface area contributed by atoms with E-state index in [1.165, 1.54) is 0 Å². The zero-order valence-electron chi connectivity index (χ0n) is 14.0. The molecule has 0 aliphatic rings. The highest BCUT2D eigenvalue weighted by Gasteiger charge is 2.09. The summed E-state index contributed by atoms with van der Waals surface area (Å²) in [4.78, 5) is 14.5. The van der Waals surface area contributed by atoms with Gasteiger partial charge in [0.25, 0.3) is 0 Å². The van der Waals surface area contributed by atoms with Gasteiger partial charge in [-0.1, -0.05) is 13.8 Å². The SMILES string of the molecule is CCCN(CCC)CCCC(=O)Nc1ccc(N)cc1OC. The molecule has 0 bridgehead atoms. The van der Waals surface area contributed by atoms with Crippen LogP contribution in [0.1, 0.15) is 39.5 Å². The molecule has 0 aliphatic heterocycles. The number of methoxy groups -OCH3 is 1. The highest BCUT2D eigenvalue weighted by atomic mass is 16.5. The second-order valence-corrected chi connectivity index (χ2v) is 5.45. The number of nitrogens with two attached hydrogens (primary N) is 1. The molecule has 0 aliphatic carbocycles. The van der Waals surface area contributed by atoms with Crippen LogP contribution >= 0.6 is 0 Å². The monoisotopic (exact) mass is 307 g/mol. The molecule has 0 spiro atoms. The number of carbonyl (C=O) groups is 1. The second-order valence-electron chi connectivity index (χ2n) is 5.45. The van der Waals surface area contributed by atoms with Crippen LogP contribution in [-0.4, -0.2) is 37.6 Å². The average Bonchev–Trinajstić information content (AvgIpc) is 2.49. The minimum atomic E-state index is 0.0102. The number of ether oxygens (including phenoxy) is 1. The molecule has 0 atom stereocenters. The van der Waals surface area contributed by atoms with Gasteiger partial charge in [-0.05, 0) is 51.0 Å². The van der Waals surface area contributed by atoms with Crippen molar-refractivity contribution in [1.82, 2.24) is 4.90 Å². The minimum Gasteiger partial charge on any atom is -0.494 e. The quantitative estimate of drug-likeness (QED) is 0.652. The van der Waals surface area contributed by atoms with Gasteiger partial charge in [0, 0.05) is 18.2 Å². The number of hydrogen-bond acceptors (Lipinski definition) is 4. The predicted molar refractivity (Wildman–Crippen MR) is 92.3 cm³/mol. The van der Waals surface area contributed by atoms with E-state index in [-0.39, 0.29) is 5.91 Å². The van der Waals surface area contributed by atoms with E-state index in [1.807, 2.05) is 0 Å². The number of nitrogens with zero attached hydrogens (tertiary/aromatic N) is 1. The molecule has 0 saturated heterocycles. The summed E-state index contributed by atoms with van der Waals surface area (Å²) in [6.45, 7) is 7.53. The fourth-order valence-electron chi connectivity index (χ4n) is 2.45. The van der Waals surface area contributed by atoms with Crippen LogP contribution in [0.2, 0.25) is 0 Å². The van der Waals surface area contributed by atoms with Gasteiger partial charge in [0.1, 0.15) is 5.75 Å². The molecule has 0 saturated carbocycles. The number of anilines is 2. The maximum atomic E-state index is 12.0. The Kier molecular flexibility index (Phi) is 8.36. The lowest BCUT2D eigenvalue weighted by Gasteiger charge is -2.20. The smallest absolute Gasteiger partial charge is 0.224 e. The zero-order chi connectivity index (χ0) is 16.4. The van der Waals surface area contributed by atoms with E-state index in [0.29, 0.717) is 23.5 Å². The van der Waals surface area contributed by atoms with Crippen LogP contribution in [0, 0.1) is 0 Å². The highest BCUT2D eigenvalue weighted by Crippen LogP contribution is 2.26. The fraction of sp³-hybridized carbons (Fsp3) is 0.588. The van der Waals surface area contributed by atoms with Gasteiger partial charge in [-0.2, -0.15) is 0 Å². The molecule has 0 radical (unpaired) electrons. The van der Waals surface area contributed by atoms with E-state index >= 15 is 0 Å². The van der Waals surface area contributed by atoms with Crippen LogP contribution in [0.5, 0.6) is 5.75 Å². The number of amides is 1. The van der Waals surface area contributed by atoms with Gasteiger partial charge in [0.2, 0.25) is 5.91 Å². The van der Waals surface area contributed by atoms with Crippen LogP contribution in [-0.2, 0) is 4.79 Å². The van der Waals surface area contributed by atoms with E-state index in [2.05, 4.69) is 24.1 Å². The first-order chi connectivity index (χ1) is 10.6. The Hall–Kier alpha value is -1.75. The molecule has 0 aromatic heterocycles. The van der Waals surface area contributed by atoms with Gasteiger partial charge < -0.3 is 20.7 Å². The van der Waals surface area contributed by atoms with Crippen molar-refractivity contribution < 1.29 is 9.53 Å². The summed E-state index contributed by atoms with van der Waals surface area (Å²) in [5.41, 5.74) is 6.99. The summed E-state index contributed by atoms with van der Waals surface area (Å²) in [5.74, 6) is 0.600. The van der Waals surface area contributed by atoms with Crippen LogP contribution < -0.4 is 15.8 Å². The molecule has 124 valence electrons.